The highest BCUT2D eigenvalue weighted by Crippen LogP contribution is 2.23. The van der Waals surface area contributed by atoms with E-state index in [1.54, 1.807) is 0 Å². The zero-order chi connectivity index (χ0) is 13.9. The minimum Gasteiger partial charge on any atom is -0.487 e. The third kappa shape index (κ3) is 2.28. The van der Waals surface area contributed by atoms with Crippen LogP contribution in [0.1, 0.15) is 11.3 Å². The number of aromatic nitrogens is 1. The van der Waals surface area contributed by atoms with Crippen molar-refractivity contribution in [1.29, 1.82) is 0 Å². The molecule has 3 nitrogen and oxygen atoms in total. The molecule has 0 spiro atoms. The van der Waals surface area contributed by atoms with Crippen molar-refractivity contribution in [3.05, 3.63) is 65.9 Å². The molecule has 0 radical (unpaired) electrons. The van der Waals surface area contributed by atoms with E-state index in [1.165, 1.54) is 10.9 Å². The first-order valence-corrected chi connectivity index (χ1v) is 6.73. The maximum absolute atomic E-state index is 5.82. The van der Waals surface area contributed by atoms with Crippen LogP contribution in [0.4, 0.5) is 0 Å². The lowest BCUT2D eigenvalue weighted by molar-refractivity contribution is 0.298. The fraction of sp³-hybridized carbons (Fsp3) is 0.176. The van der Waals surface area contributed by atoms with Crippen molar-refractivity contribution in [2.24, 2.45) is 12.8 Å². The summed E-state index contributed by atoms with van der Waals surface area (Å²) in [4.78, 5) is 0. The quantitative estimate of drug-likeness (QED) is 0.787. The summed E-state index contributed by atoms with van der Waals surface area (Å²) in [7, 11) is 2.06. The van der Waals surface area contributed by atoms with Crippen molar-refractivity contribution in [1.82, 2.24) is 4.57 Å². The summed E-state index contributed by atoms with van der Waals surface area (Å²) in [5, 5.41) is 1.21. The van der Waals surface area contributed by atoms with E-state index in [1.807, 2.05) is 36.4 Å². The summed E-state index contributed by atoms with van der Waals surface area (Å²) in [6.45, 7) is 1.10. The lowest BCUT2D eigenvalue weighted by Gasteiger charge is -2.08. The number of fused-ring (bicyclic) bond motifs is 1. The third-order valence-electron chi connectivity index (χ3n) is 3.59. The highest BCUT2D eigenvalue weighted by atomic mass is 16.5. The predicted molar refractivity (Wildman–Crippen MR) is 81.6 cm³/mol. The van der Waals surface area contributed by atoms with Crippen LogP contribution < -0.4 is 10.5 Å². The molecule has 2 aromatic carbocycles. The molecule has 1 heterocycles. The van der Waals surface area contributed by atoms with Crippen molar-refractivity contribution in [2.75, 3.05) is 0 Å². The molecule has 2 N–H and O–H groups in total. The second-order valence-corrected chi connectivity index (χ2v) is 4.86. The minimum absolute atomic E-state index is 0.550. The normalized spacial score (nSPS) is 10.9. The van der Waals surface area contributed by atoms with Gasteiger partial charge < -0.3 is 15.0 Å². The van der Waals surface area contributed by atoms with Gasteiger partial charge in [0.1, 0.15) is 12.4 Å². The number of nitrogens with two attached hydrogens (primary N) is 1. The number of nitrogens with zero attached hydrogens (tertiary/aromatic N) is 1. The molecule has 3 heteroatoms. The van der Waals surface area contributed by atoms with Crippen LogP contribution in [-0.2, 0) is 20.2 Å². The molecule has 0 aliphatic rings. The van der Waals surface area contributed by atoms with Gasteiger partial charge in [-0.2, -0.15) is 0 Å². The summed E-state index contributed by atoms with van der Waals surface area (Å²) >= 11 is 0. The first kappa shape index (κ1) is 12.8. The Balaban J connectivity index is 1.91. The molecule has 3 aromatic rings. The van der Waals surface area contributed by atoms with Crippen molar-refractivity contribution >= 4 is 10.9 Å². The van der Waals surface area contributed by atoms with Crippen molar-refractivity contribution in [3.63, 3.8) is 0 Å². The van der Waals surface area contributed by atoms with Crippen LogP contribution >= 0.6 is 0 Å². The van der Waals surface area contributed by atoms with Gasteiger partial charge in [-0.1, -0.05) is 36.4 Å². The molecule has 0 aliphatic heterocycles. The van der Waals surface area contributed by atoms with Crippen LogP contribution in [0.3, 0.4) is 0 Å². The Kier molecular flexibility index (Phi) is 3.44. The van der Waals surface area contributed by atoms with E-state index in [0.29, 0.717) is 13.2 Å². The summed E-state index contributed by atoms with van der Waals surface area (Å²) < 4.78 is 7.99. The standard InChI is InChI=1S/C17H18N2O/c1-19-15(12-20-16-8-3-2-4-9-16)10-13-6-5-7-14(11-18)17(13)19/h2-10H,11-12,18H2,1H3. The van der Waals surface area contributed by atoms with E-state index in [-0.39, 0.29) is 0 Å². The molecular weight excluding hydrogens is 248 g/mol. The van der Waals surface area contributed by atoms with Crippen LogP contribution in [-0.4, -0.2) is 4.57 Å². The Morgan fingerprint density at radius 1 is 1.05 bits per heavy atom. The molecule has 0 saturated heterocycles. The average Bonchev–Trinajstić information content (AvgIpc) is 2.83. The van der Waals surface area contributed by atoms with Gasteiger partial charge in [0.2, 0.25) is 0 Å². The number of para-hydroxylation sites is 2. The summed E-state index contributed by atoms with van der Waals surface area (Å²) in [6.07, 6.45) is 0. The van der Waals surface area contributed by atoms with E-state index in [0.717, 1.165) is 17.0 Å². The molecule has 3 rings (SSSR count). The van der Waals surface area contributed by atoms with E-state index < -0.39 is 0 Å². The van der Waals surface area contributed by atoms with E-state index in [4.69, 9.17) is 10.5 Å². The maximum atomic E-state index is 5.82. The smallest absolute Gasteiger partial charge is 0.128 e. The Morgan fingerprint density at radius 2 is 1.85 bits per heavy atom. The summed E-state index contributed by atoms with van der Waals surface area (Å²) in [5.41, 5.74) is 9.32. The first-order chi connectivity index (χ1) is 9.79. The van der Waals surface area contributed by atoms with Gasteiger partial charge in [-0.25, -0.2) is 0 Å². The molecule has 20 heavy (non-hydrogen) atoms. The molecule has 102 valence electrons. The van der Waals surface area contributed by atoms with Gasteiger partial charge in [-0.3, -0.25) is 0 Å². The van der Waals surface area contributed by atoms with Gasteiger partial charge in [0.15, 0.2) is 0 Å². The maximum Gasteiger partial charge on any atom is 0.128 e. The van der Waals surface area contributed by atoms with E-state index in [9.17, 15) is 0 Å². The molecule has 0 fully saturated rings. The predicted octanol–water partition coefficient (Wildman–Crippen LogP) is 3.22. The Morgan fingerprint density at radius 3 is 2.60 bits per heavy atom. The van der Waals surface area contributed by atoms with Gasteiger partial charge in [0, 0.05) is 19.0 Å². The summed E-state index contributed by atoms with van der Waals surface area (Å²) in [5.74, 6) is 0.886. The lowest BCUT2D eigenvalue weighted by Crippen LogP contribution is -2.04. The van der Waals surface area contributed by atoms with Gasteiger partial charge in [0.05, 0.1) is 11.2 Å². The number of benzene rings is 2. The first-order valence-electron chi connectivity index (χ1n) is 6.73. The van der Waals surface area contributed by atoms with Crippen LogP contribution in [0.15, 0.2) is 54.6 Å². The molecule has 1 aromatic heterocycles. The van der Waals surface area contributed by atoms with Crippen LogP contribution in [0.5, 0.6) is 5.75 Å². The van der Waals surface area contributed by atoms with E-state index in [2.05, 4.69) is 29.8 Å². The minimum atomic E-state index is 0.550. The Labute approximate surface area is 118 Å². The van der Waals surface area contributed by atoms with E-state index >= 15 is 0 Å². The van der Waals surface area contributed by atoms with Crippen LogP contribution in [0, 0.1) is 0 Å². The molecule has 0 amide bonds. The van der Waals surface area contributed by atoms with Crippen molar-refractivity contribution in [2.45, 2.75) is 13.2 Å². The zero-order valence-corrected chi connectivity index (χ0v) is 11.5. The fourth-order valence-electron chi connectivity index (χ4n) is 2.53. The second-order valence-electron chi connectivity index (χ2n) is 4.86. The van der Waals surface area contributed by atoms with Gasteiger partial charge in [-0.05, 0) is 23.8 Å². The third-order valence-corrected chi connectivity index (χ3v) is 3.59. The number of hydrogen-bond acceptors (Lipinski definition) is 2. The molecule has 0 bridgehead atoms. The Bertz CT molecular complexity index is 716. The SMILES string of the molecule is Cn1c(COc2ccccc2)cc2cccc(CN)c21. The highest BCUT2D eigenvalue weighted by Gasteiger charge is 2.09. The topological polar surface area (TPSA) is 40.2 Å². The number of aryl methyl sites for hydroxylation is 1. The van der Waals surface area contributed by atoms with Crippen LogP contribution in [0.25, 0.3) is 10.9 Å². The van der Waals surface area contributed by atoms with Gasteiger partial charge >= 0.3 is 0 Å². The highest BCUT2D eigenvalue weighted by molar-refractivity contribution is 5.84. The fourth-order valence-corrected chi connectivity index (χ4v) is 2.53. The lowest BCUT2D eigenvalue weighted by atomic mass is 10.1. The number of hydrogen-bond donors (Lipinski definition) is 1. The zero-order valence-electron chi connectivity index (χ0n) is 11.5. The Hall–Kier alpha value is -2.26. The molecule has 0 unspecified atom stereocenters. The average molecular weight is 266 g/mol. The largest absolute Gasteiger partial charge is 0.487 e. The van der Waals surface area contributed by atoms with Gasteiger partial charge in [-0.15, -0.1) is 0 Å². The monoisotopic (exact) mass is 266 g/mol. The molecule has 0 saturated carbocycles. The van der Waals surface area contributed by atoms with Gasteiger partial charge in [0.25, 0.3) is 0 Å². The summed E-state index contributed by atoms with van der Waals surface area (Å²) in [6, 6.07) is 18.3. The van der Waals surface area contributed by atoms with Crippen molar-refractivity contribution < 1.29 is 4.74 Å². The number of rotatable bonds is 4. The molecular formula is C17H18N2O. The van der Waals surface area contributed by atoms with Crippen molar-refractivity contribution in [3.8, 4) is 5.75 Å². The molecule has 0 atom stereocenters. The number of ether oxygens (including phenoxy) is 1. The molecule has 0 aliphatic carbocycles. The van der Waals surface area contributed by atoms with Crippen LogP contribution in [0.2, 0.25) is 0 Å². The second kappa shape index (κ2) is 5.39.